The first-order chi connectivity index (χ1) is 6.75. The zero-order valence-electron chi connectivity index (χ0n) is 8.74. The van der Waals surface area contributed by atoms with Crippen molar-refractivity contribution in [2.75, 3.05) is 32.8 Å². The van der Waals surface area contributed by atoms with Crippen molar-refractivity contribution in [1.29, 1.82) is 0 Å². The molecule has 1 fully saturated rings. The molecule has 0 bridgehead atoms. The quantitative estimate of drug-likeness (QED) is 0.655. The molecule has 0 N–H and O–H groups in total. The molecule has 1 aliphatic rings. The van der Waals surface area contributed by atoms with Gasteiger partial charge in [0, 0.05) is 0 Å². The molecule has 1 heterocycles. The molecular formula is C10H18CrN2O. The Hall–Kier alpha value is 0.0225. The van der Waals surface area contributed by atoms with Crippen LogP contribution < -0.4 is 0 Å². The topological polar surface area (TPSA) is 15.7 Å². The van der Waals surface area contributed by atoms with Crippen molar-refractivity contribution in [2.24, 2.45) is 0 Å². The summed E-state index contributed by atoms with van der Waals surface area (Å²) in [5, 5.41) is 4.61. The van der Waals surface area contributed by atoms with Crippen molar-refractivity contribution in [2.45, 2.75) is 13.3 Å². The minimum atomic E-state index is 0.831. The number of rotatable bonds is 5. The van der Waals surface area contributed by atoms with Gasteiger partial charge in [0.05, 0.1) is 0 Å². The van der Waals surface area contributed by atoms with E-state index in [1.807, 2.05) is 6.08 Å². The molecule has 0 aromatic carbocycles. The minimum absolute atomic E-state index is 0.831. The van der Waals surface area contributed by atoms with Gasteiger partial charge in [-0.3, -0.25) is 0 Å². The van der Waals surface area contributed by atoms with Crippen molar-refractivity contribution in [3.63, 3.8) is 0 Å². The third kappa shape index (κ3) is 3.64. The summed E-state index contributed by atoms with van der Waals surface area (Å²) in [5.41, 5.74) is 0. The summed E-state index contributed by atoms with van der Waals surface area (Å²) in [5.74, 6) is 0. The zero-order valence-corrected chi connectivity index (χ0v) is 10.0. The monoisotopic (exact) mass is 234 g/mol. The molecule has 1 aliphatic heterocycles. The summed E-state index contributed by atoms with van der Waals surface area (Å²) in [6, 6.07) is 0. The Labute approximate surface area is 94.3 Å². The van der Waals surface area contributed by atoms with Crippen molar-refractivity contribution in [1.82, 2.24) is 10.0 Å². The molecule has 0 atom stereocenters. The molecule has 0 spiro atoms. The number of hydrazine groups is 1. The molecule has 0 amide bonds. The Bertz CT molecular complexity index is 202. The first kappa shape index (κ1) is 12.1. The maximum atomic E-state index is 5.33. The molecular weight excluding hydrogens is 216 g/mol. The molecule has 14 heavy (non-hydrogen) atoms. The van der Waals surface area contributed by atoms with Crippen LogP contribution in [0, 0.1) is 0 Å². The Balaban J connectivity index is 2.46. The van der Waals surface area contributed by atoms with Gasteiger partial charge >= 0.3 is 94.0 Å². The van der Waals surface area contributed by atoms with Crippen molar-refractivity contribution in [3.8, 4) is 0 Å². The van der Waals surface area contributed by atoms with E-state index in [0.29, 0.717) is 0 Å². The van der Waals surface area contributed by atoms with Crippen LogP contribution in [-0.4, -0.2) is 47.4 Å². The average Bonchev–Trinajstić information content (AvgIpc) is 2.19. The van der Waals surface area contributed by atoms with Gasteiger partial charge in [0.15, 0.2) is 0 Å². The second-order valence-corrected chi connectivity index (χ2v) is 4.21. The van der Waals surface area contributed by atoms with E-state index in [1.54, 1.807) is 0 Å². The van der Waals surface area contributed by atoms with Gasteiger partial charge < -0.3 is 0 Å². The van der Waals surface area contributed by atoms with Crippen LogP contribution in [0.5, 0.6) is 0 Å². The molecule has 0 unspecified atom stereocenters. The molecule has 1 saturated heterocycles. The van der Waals surface area contributed by atoms with Crippen LogP contribution in [0.1, 0.15) is 13.3 Å². The van der Waals surface area contributed by atoms with Gasteiger partial charge in [-0.2, -0.15) is 0 Å². The third-order valence-electron chi connectivity index (χ3n) is 2.24. The zero-order chi connectivity index (χ0) is 10.4. The Kier molecular flexibility index (Phi) is 5.61. The van der Waals surface area contributed by atoms with E-state index in [9.17, 15) is 0 Å². The molecule has 0 aromatic rings. The number of ether oxygens (including phenoxy) is 1. The predicted octanol–water partition coefficient (Wildman–Crippen LogP) is 0.808. The molecule has 1 rings (SSSR count). The van der Waals surface area contributed by atoms with Crippen LogP contribution in [-0.2, 0) is 20.6 Å². The molecule has 0 radical (unpaired) electrons. The molecule has 0 saturated carbocycles. The van der Waals surface area contributed by atoms with Gasteiger partial charge in [0.2, 0.25) is 0 Å². The van der Waals surface area contributed by atoms with E-state index in [0.717, 1.165) is 39.3 Å². The Morgan fingerprint density at radius 3 is 2.71 bits per heavy atom. The summed E-state index contributed by atoms with van der Waals surface area (Å²) in [4.78, 5) is 0. The predicted molar refractivity (Wildman–Crippen MR) is 54.6 cm³/mol. The summed E-state index contributed by atoms with van der Waals surface area (Å²) < 4.78 is 6.54. The van der Waals surface area contributed by atoms with E-state index in [2.05, 4.69) is 39.4 Å². The van der Waals surface area contributed by atoms with Crippen molar-refractivity contribution in [3.05, 3.63) is 12.7 Å². The second-order valence-electron chi connectivity index (χ2n) is 3.29. The third-order valence-corrected chi connectivity index (χ3v) is 2.57. The van der Waals surface area contributed by atoms with Gasteiger partial charge in [-0.25, -0.2) is 0 Å². The standard InChI is InChI=1S/C10H18N2O.Cr/c1-3-5-6-11(4-2)12-7-9-13-10-8-12;/h3H,1,5-10H2,2H3;. The summed E-state index contributed by atoms with van der Waals surface area (Å²) in [6.07, 6.45) is 2.97. The number of nitrogens with zero attached hydrogens (tertiary/aromatic N) is 2. The molecule has 3 nitrogen and oxygen atoms in total. The fraction of sp³-hybridized carbons (Fsp3) is 0.700. The number of hydrogen-bond donors (Lipinski definition) is 0. The summed E-state index contributed by atoms with van der Waals surface area (Å²) in [7, 11) is 0. The molecule has 0 aliphatic carbocycles. The van der Waals surface area contributed by atoms with Crippen LogP contribution in [0.25, 0.3) is 0 Å². The maximum absolute atomic E-state index is 5.33. The SMILES string of the molecule is C=CCCN([C](C)=[Cr])N1CCOCC1. The van der Waals surface area contributed by atoms with Crippen LogP contribution >= 0.6 is 0 Å². The van der Waals surface area contributed by atoms with Gasteiger partial charge in [-0.15, -0.1) is 0 Å². The van der Waals surface area contributed by atoms with E-state index < -0.39 is 0 Å². The Morgan fingerprint density at radius 1 is 1.57 bits per heavy atom. The van der Waals surface area contributed by atoms with Crippen molar-refractivity contribution < 1.29 is 20.6 Å². The number of hydrogen-bond acceptors (Lipinski definition) is 3. The summed E-state index contributed by atoms with van der Waals surface area (Å²) >= 11 is 3.07. The van der Waals surface area contributed by atoms with Gasteiger partial charge in [0.1, 0.15) is 0 Å². The van der Waals surface area contributed by atoms with Crippen LogP contribution in [0.15, 0.2) is 12.7 Å². The normalized spacial score (nSPS) is 18.4. The van der Waals surface area contributed by atoms with E-state index in [1.165, 1.54) is 4.50 Å². The van der Waals surface area contributed by atoms with E-state index in [-0.39, 0.29) is 0 Å². The molecule has 4 heteroatoms. The second kappa shape index (κ2) is 6.50. The average molecular weight is 234 g/mol. The first-order valence-electron chi connectivity index (χ1n) is 4.97. The Morgan fingerprint density at radius 2 is 2.21 bits per heavy atom. The summed E-state index contributed by atoms with van der Waals surface area (Å²) in [6.45, 7) is 10.5. The van der Waals surface area contributed by atoms with Gasteiger partial charge in [0.25, 0.3) is 0 Å². The number of morpholine rings is 1. The van der Waals surface area contributed by atoms with Crippen LogP contribution in [0.4, 0.5) is 0 Å². The van der Waals surface area contributed by atoms with Gasteiger partial charge in [-0.1, -0.05) is 0 Å². The molecule has 0 aromatic heterocycles. The fourth-order valence-corrected chi connectivity index (χ4v) is 1.83. The van der Waals surface area contributed by atoms with Crippen LogP contribution in [0.3, 0.4) is 0 Å². The first-order valence-corrected chi connectivity index (χ1v) is 5.61. The van der Waals surface area contributed by atoms with Gasteiger partial charge in [-0.05, 0) is 0 Å². The molecule has 80 valence electrons. The van der Waals surface area contributed by atoms with E-state index >= 15 is 0 Å². The van der Waals surface area contributed by atoms with E-state index in [4.69, 9.17) is 4.74 Å². The van der Waals surface area contributed by atoms with Crippen LogP contribution in [0.2, 0.25) is 0 Å². The van der Waals surface area contributed by atoms with Crippen molar-refractivity contribution >= 4 is 4.50 Å². The fourth-order valence-electron chi connectivity index (χ4n) is 1.51.